The van der Waals surface area contributed by atoms with Crippen LogP contribution in [0.1, 0.15) is 43.3 Å². The van der Waals surface area contributed by atoms with Crippen LogP contribution in [0.5, 0.6) is 0 Å². The highest BCUT2D eigenvalue weighted by Crippen LogP contribution is 2.31. The minimum atomic E-state index is -1.00. The molecule has 3 rings (SSSR count). The molecule has 0 bridgehead atoms. The predicted octanol–water partition coefficient (Wildman–Crippen LogP) is 1.76. The number of nitrogens with two attached hydrogens (primary N) is 1. The molecule has 0 saturated carbocycles. The number of nitrogens with zero attached hydrogens (tertiary/aromatic N) is 4. The molecule has 0 fully saturated rings. The minimum absolute atomic E-state index is 0.00123. The van der Waals surface area contributed by atoms with E-state index < -0.39 is 18.0 Å². The third-order valence-electron chi connectivity index (χ3n) is 4.86. The van der Waals surface area contributed by atoms with Crippen LogP contribution in [0, 0.1) is 5.82 Å². The van der Waals surface area contributed by atoms with Gasteiger partial charge in [-0.1, -0.05) is 31.2 Å². The lowest BCUT2D eigenvalue weighted by Crippen LogP contribution is -2.28. The van der Waals surface area contributed by atoms with Crippen LogP contribution in [0.3, 0.4) is 0 Å². The van der Waals surface area contributed by atoms with Gasteiger partial charge in [-0.25, -0.2) is 25.0 Å². The molecule has 0 unspecified atom stereocenters. The third kappa shape index (κ3) is 6.31. The first kappa shape index (κ1) is 24.2. The van der Waals surface area contributed by atoms with E-state index in [9.17, 15) is 19.4 Å². The molecule has 0 aliphatic heterocycles. The van der Waals surface area contributed by atoms with E-state index in [4.69, 9.17) is 5.84 Å². The summed E-state index contributed by atoms with van der Waals surface area (Å²) in [6.45, 7) is 3.93. The van der Waals surface area contributed by atoms with E-state index in [2.05, 4.69) is 24.6 Å². The van der Waals surface area contributed by atoms with Gasteiger partial charge in [0, 0.05) is 31.0 Å². The maximum Gasteiger partial charge on any atom is 0.438 e. The second kappa shape index (κ2) is 10.5. The van der Waals surface area contributed by atoms with Gasteiger partial charge < -0.3 is 10.2 Å². The summed E-state index contributed by atoms with van der Waals surface area (Å²) >= 11 is 0. The van der Waals surface area contributed by atoms with Crippen LogP contribution < -0.4 is 16.6 Å². The fraction of sp³-hybridized carbons (Fsp3) is 0.364. The molecular weight excluding hydrogens is 431 g/mol. The number of anilines is 1. The van der Waals surface area contributed by atoms with Crippen molar-refractivity contribution in [3.8, 4) is 11.3 Å². The number of aromatic nitrogens is 4. The SMILES string of the molecule is CC(C)c1nc(N(C)N)nc(-c2ccc(F)cc2)c1/C=C/[C@@H](O)C[C@@H](O)Cc1noc(=O)[nH]1. The highest BCUT2D eigenvalue weighted by molar-refractivity contribution is 5.74. The number of aromatic amines is 1. The molecule has 0 aliphatic carbocycles. The number of H-pyrrole nitrogens is 1. The summed E-state index contributed by atoms with van der Waals surface area (Å²) in [5.74, 6) is 5.28. The molecule has 33 heavy (non-hydrogen) atoms. The quantitative estimate of drug-likeness (QED) is 0.277. The van der Waals surface area contributed by atoms with Crippen molar-refractivity contribution in [2.24, 2.45) is 5.84 Å². The summed E-state index contributed by atoms with van der Waals surface area (Å²) < 4.78 is 17.9. The lowest BCUT2D eigenvalue weighted by atomic mass is 9.97. The van der Waals surface area contributed by atoms with Gasteiger partial charge in [-0.05, 0) is 30.2 Å². The number of halogens is 1. The second-order valence-corrected chi connectivity index (χ2v) is 8.01. The second-order valence-electron chi connectivity index (χ2n) is 8.01. The Kier molecular flexibility index (Phi) is 7.69. The number of hydrogen-bond acceptors (Lipinski definition) is 9. The average Bonchev–Trinajstić information content (AvgIpc) is 3.16. The minimum Gasteiger partial charge on any atom is -0.393 e. The lowest BCUT2D eigenvalue weighted by Gasteiger charge is -2.19. The van der Waals surface area contributed by atoms with Crippen LogP contribution in [-0.4, -0.2) is 49.6 Å². The van der Waals surface area contributed by atoms with Gasteiger partial charge in [-0.2, -0.15) is 0 Å². The van der Waals surface area contributed by atoms with Crippen molar-refractivity contribution < 1.29 is 19.1 Å². The van der Waals surface area contributed by atoms with E-state index in [0.717, 1.165) is 0 Å². The summed E-state index contributed by atoms with van der Waals surface area (Å²) in [5.41, 5.74) is 2.54. The van der Waals surface area contributed by atoms with Crippen molar-refractivity contribution in [2.75, 3.05) is 12.1 Å². The zero-order valence-electron chi connectivity index (χ0n) is 18.6. The predicted molar refractivity (Wildman–Crippen MR) is 121 cm³/mol. The van der Waals surface area contributed by atoms with E-state index in [1.807, 2.05) is 13.8 Å². The van der Waals surface area contributed by atoms with Crippen LogP contribution in [0.25, 0.3) is 17.3 Å². The molecule has 0 amide bonds. The molecule has 2 atom stereocenters. The van der Waals surface area contributed by atoms with Crippen LogP contribution in [0.15, 0.2) is 39.7 Å². The molecule has 0 spiro atoms. The first-order valence-corrected chi connectivity index (χ1v) is 10.4. The molecule has 1 aromatic carbocycles. The summed E-state index contributed by atoms with van der Waals surface area (Å²) in [5, 5.41) is 25.5. The smallest absolute Gasteiger partial charge is 0.393 e. The van der Waals surface area contributed by atoms with Gasteiger partial charge in [0.05, 0.1) is 23.6 Å². The number of aliphatic hydroxyl groups excluding tert-OH is 2. The number of nitrogens with one attached hydrogen (secondary N) is 1. The monoisotopic (exact) mass is 458 g/mol. The van der Waals surface area contributed by atoms with Crippen LogP contribution in [0.4, 0.5) is 10.3 Å². The van der Waals surface area contributed by atoms with Crippen molar-refractivity contribution in [3.05, 3.63) is 63.8 Å². The fourth-order valence-electron chi connectivity index (χ4n) is 3.28. The summed E-state index contributed by atoms with van der Waals surface area (Å²) in [7, 11) is 1.62. The Morgan fingerprint density at radius 3 is 2.52 bits per heavy atom. The summed E-state index contributed by atoms with van der Waals surface area (Å²) in [6, 6.07) is 5.90. The standard InChI is InChI=1S/C22H27FN6O4/c1-12(2)19-17(9-8-15(30)10-16(31)11-18-25-22(32)33-28-18)20(27-21(26-19)29(3)24)13-4-6-14(23)7-5-13/h4-9,12,15-16,30-31H,10-11,24H2,1-3H3,(H,25,28,32)/b9-8+/t15-,16-/m1/s1. The van der Waals surface area contributed by atoms with E-state index in [1.54, 1.807) is 25.3 Å². The largest absolute Gasteiger partial charge is 0.438 e. The van der Waals surface area contributed by atoms with Gasteiger partial charge >= 0.3 is 5.76 Å². The molecule has 176 valence electrons. The van der Waals surface area contributed by atoms with Crippen molar-refractivity contribution in [2.45, 2.75) is 44.8 Å². The average molecular weight is 458 g/mol. The Morgan fingerprint density at radius 2 is 1.94 bits per heavy atom. The van der Waals surface area contributed by atoms with Gasteiger partial charge in [0.25, 0.3) is 0 Å². The zero-order chi connectivity index (χ0) is 24.1. The van der Waals surface area contributed by atoms with Crippen LogP contribution in [-0.2, 0) is 6.42 Å². The highest BCUT2D eigenvalue weighted by Gasteiger charge is 2.19. The zero-order valence-corrected chi connectivity index (χ0v) is 18.6. The highest BCUT2D eigenvalue weighted by atomic mass is 19.1. The first-order chi connectivity index (χ1) is 15.6. The van der Waals surface area contributed by atoms with Gasteiger partial charge in [0.15, 0.2) is 5.82 Å². The van der Waals surface area contributed by atoms with E-state index in [-0.39, 0.29) is 30.4 Å². The Balaban J connectivity index is 1.91. The van der Waals surface area contributed by atoms with Gasteiger partial charge in [0.2, 0.25) is 5.95 Å². The Morgan fingerprint density at radius 1 is 1.24 bits per heavy atom. The van der Waals surface area contributed by atoms with E-state index in [1.165, 1.54) is 23.2 Å². The van der Waals surface area contributed by atoms with E-state index in [0.29, 0.717) is 28.5 Å². The fourth-order valence-corrected chi connectivity index (χ4v) is 3.28. The Bertz CT molecular complexity index is 1160. The molecule has 3 aromatic rings. The summed E-state index contributed by atoms with van der Waals surface area (Å²) in [6.07, 6.45) is 1.27. The first-order valence-electron chi connectivity index (χ1n) is 10.4. The van der Waals surface area contributed by atoms with Crippen molar-refractivity contribution >= 4 is 12.0 Å². The molecule has 11 heteroatoms. The maximum atomic E-state index is 13.5. The van der Waals surface area contributed by atoms with Crippen molar-refractivity contribution in [3.63, 3.8) is 0 Å². The van der Waals surface area contributed by atoms with Gasteiger partial charge in [0.1, 0.15) is 5.82 Å². The van der Waals surface area contributed by atoms with Gasteiger partial charge in [-0.3, -0.25) is 14.5 Å². The molecule has 2 heterocycles. The molecule has 0 saturated heterocycles. The third-order valence-corrected chi connectivity index (χ3v) is 4.86. The van der Waals surface area contributed by atoms with Crippen molar-refractivity contribution in [1.82, 2.24) is 20.1 Å². The Labute approximate surface area is 189 Å². The van der Waals surface area contributed by atoms with Crippen LogP contribution >= 0.6 is 0 Å². The number of hydrazine groups is 1. The molecular formula is C22H27FN6O4. The molecule has 0 aliphatic rings. The molecule has 10 nitrogen and oxygen atoms in total. The van der Waals surface area contributed by atoms with Crippen molar-refractivity contribution in [1.29, 1.82) is 0 Å². The molecule has 5 N–H and O–H groups in total. The number of aliphatic hydroxyl groups is 2. The molecule has 2 aromatic heterocycles. The maximum absolute atomic E-state index is 13.5. The number of benzene rings is 1. The summed E-state index contributed by atoms with van der Waals surface area (Å²) in [4.78, 5) is 22.5. The Hall–Kier alpha value is -3.41. The molecule has 0 radical (unpaired) electrons. The lowest BCUT2D eigenvalue weighted by molar-refractivity contribution is 0.103. The van der Waals surface area contributed by atoms with Gasteiger partial charge in [-0.15, -0.1) is 0 Å². The number of hydrogen-bond donors (Lipinski definition) is 4. The normalized spacial score (nSPS) is 13.6. The topological polar surface area (TPSA) is 154 Å². The number of rotatable bonds is 9. The van der Waals surface area contributed by atoms with E-state index >= 15 is 0 Å². The van der Waals surface area contributed by atoms with Crippen LogP contribution in [0.2, 0.25) is 0 Å².